The van der Waals surface area contributed by atoms with E-state index in [0.29, 0.717) is 11.2 Å². The Hall–Kier alpha value is -0.830. The van der Waals surface area contributed by atoms with Gasteiger partial charge in [-0.2, -0.15) is 0 Å². The third kappa shape index (κ3) is 2.23. The molecule has 0 aliphatic heterocycles. The molecule has 0 aromatic carbocycles. The minimum absolute atomic E-state index is 0.566. The fourth-order valence-corrected chi connectivity index (χ4v) is 2.31. The molecule has 0 saturated heterocycles. The molecular weight excluding hydrogens is 210 g/mol. The lowest BCUT2D eigenvalue weighted by molar-refractivity contribution is 0.308. The van der Waals surface area contributed by atoms with Crippen molar-refractivity contribution in [1.82, 2.24) is 9.97 Å². The van der Waals surface area contributed by atoms with Crippen molar-refractivity contribution in [3.63, 3.8) is 0 Å². The van der Waals surface area contributed by atoms with Crippen molar-refractivity contribution in [2.45, 2.75) is 39.2 Å². The molecule has 2 rings (SSSR count). The summed E-state index contributed by atoms with van der Waals surface area (Å²) in [5.41, 5.74) is 1.03. The maximum Gasteiger partial charge on any atom is 0.137 e. The summed E-state index contributed by atoms with van der Waals surface area (Å²) in [6.07, 6.45) is 4.84. The topological polar surface area (TPSA) is 37.8 Å². The minimum atomic E-state index is 0.566. The molecule has 1 heterocycles. The molecule has 1 aromatic heterocycles. The second kappa shape index (κ2) is 4.35. The fraction of sp³-hybridized carbons (Fsp3) is 0.636. The predicted octanol–water partition coefficient (Wildman–Crippen LogP) is 2.90. The van der Waals surface area contributed by atoms with Crippen LogP contribution in [0, 0.1) is 5.92 Å². The Kier molecular flexibility index (Phi) is 3.10. The Morgan fingerprint density at radius 1 is 1.47 bits per heavy atom. The van der Waals surface area contributed by atoms with E-state index < -0.39 is 0 Å². The highest BCUT2D eigenvalue weighted by Gasteiger charge is 2.26. The van der Waals surface area contributed by atoms with Crippen molar-refractivity contribution in [3.8, 4) is 0 Å². The lowest BCUT2D eigenvalue weighted by atomic mass is 9.82. The number of anilines is 1. The van der Waals surface area contributed by atoms with Crippen LogP contribution in [0.3, 0.4) is 0 Å². The van der Waals surface area contributed by atoms with Crippen LogP contribution in [0.4, 0.5) is 5.82 Å². The molecule has 0 radical (unpaired) electrons. The summed E-state index contributed by atoms with van der Waals surface area (Å²) >= 11 is 6.01. The van der Waals surface area contributed by atoms with Crippen LogP contribution in [0.2, 0.25) is 5.15 Å². The average Bonchev–Trinajstić information content (AvgIpc) is 2.16. The first-order valence-electron chi connectivity index (χ1n) is 5.46. The van der Waals surface area contributed by atoms with E-state index in [1.807, 2.05) is 0 Å². The molecule has 0 unspecified atom stereocenters. The lowest BCUT2D eigenvalue weighted by Crippen LogP contribution is -2.34. The van der Waals surface area contributed by atoms with E-state index in [2.05, 4.69) is 29.1 Å². The van der Waals surface area contributed by atoms with E-state index in [4.69, 9.17) is 11.6 Å². The zero-order chi connectivity index (χ0) is 10.8. The van der Waals surface area contributed by atoms with Gasteiger partial charge in [-0.1, -0.05) is 25.4 Å². The van der Waals surface area contributed by atoms with Crippen LogP contribution < -0.4 is 5.32 Å². The van der Waals surface area contributed by atoms with Gasteiger partial charge < -0.3 is 5.32 Å². The lowest BCUT2D eigenvalue weighted by Gasteiger charge is -2.34. The van der Waals surface area contributed by atoms with Crippen molar-refractivity contribution in [1.29, 1.82) is 0 Å². The van der Waals surface area contributed by atoms with Gasteiger partial charge in [-0.05, 0) is 25.2 Å². The van der Waals surface area contributed by atoms with Crippen LogP contribution in [0.25, 0.3) is 0 Å². The van der Waals surface area contributed by atoms with Crippen LogP contribution >= 0.6 is 11.6 Å². The van der Waals surface area contributed by atoms with E-state index in [9.17, 15) is 0 Å². The Morgan fingerprint density at radius 2 is 2.20 bits per heavy atom. The molecule has 3 nitrogen and oxygen atoms in total. The predicted molar refractivity (Wildman–Crippen MR) is 62.2 cm³/mol. The average molecular weight is 226 g/mol. The standard InChI is InChI=1S/C11H16ClN3/c1-3-9-10(12)13-6-14-11(9)15-8-4-7(2)5-8/h6-8H,3-5H2,1-2H3,(H,13,14,15). The zero-order valence-electron chi connectivity index (χ0n) is 9.13. The quantitative estimate of drug-likeness (QED) is 0.804. The van der Waals surface area contributed by atoms with E-state index >= 15 is 0 Å². The van der Waals surface area contributed by atoms with Crippen LogP contribution in [0.1, 0.15) is 32.3 Å². The molecule has 0 atom stereocenters. The molecule has 15 heavy (non-hydrogen) atoms. The number of aromatic nitrogens is 2. The van der Waals surface area contributed by atoms with Gasteiger partial charge in [0.15, 0.2) is 0 Å². The van der Waals surface area contributed by atoms with Gasteiger partial charge in [-0.3, -0.25) is 0 Å². The van der Waals surface area contributed by atoms with Crippen LogP contribution in [0.15, 0.2) is 6.33 Å². The summed E-state index contributed by atoms with van der Waals surface area (Å²) in [6.45, 7) is 4.34. The maximum absolute atomic E-state index is 6.01. The summed E-state index contributed by atoms with van der Waals surface area (Å²) in [5.74, 6) is 1.75. The first-order valence-corrected chi connectivity index (χ1v) is 5.84. The number of nitrogens with one attached hydrogen (secondary N) is 1. The third-order valence-electron chi connectivity index (χ3n) is 2.96. The van der Waals surface area contributed by atoms with Crippen molar-refractivity contribution in [2.24, 2.45) is 5.92 Å². The van der Waals surface area contributed by atoms with Gasteiger partial charge in [0, 0.05) is 11.6 Å². The summed E-state index contributed by atoms with van der Waals surface area (Å²) in [4.78, 5) is 8.24. The normalized spacial score (nSPS) is 24.7. The summed E-state index contributed by atoms with van der Waals surface area (Å²) in [6, 6.07) is 0.566. The molecule has 1 saturated carbocycles. The minimum Gasteiger partial charge on any atom is -0.367 e. The van der Waals surface area contributed by atoms with Crippen LogP contribution in [0.5, 0.6) is 0 Å². The van der Waals surface area contributed by atoms with Crippen LogP contribution in [-0.4, -0.2) is 16.0 Å². The molecule has 1 fully saturated rings. The van der Waals surface area contributed by atoms with Gasteiger partial charge in [0.2, 0.25) is 0 Å². The molecule has 0 spiro atoms. The zero-order valence-corrected chi connectivity index (χ0v) is 9.88. The number of rotatable bonds is 3. The Morgan fingerprint density at radius 3 is 2.80 bits per heavy atom. The molecule has 1 N–H and O–H groups in total. The summed E-state index contributed by atoms with van der Waals surface area (Å²) < 4.78 is 0. The van der Waals surface area contributed by atoms with Gasteiger partial charge in [0.25, 0.3) is 0 Å². The first-order chi connectivity index (χ1) is 7.20. The van der Waals surface area contributed by atoms with Gasteiger partial charge in [-0.25, -0.2) is 9.97 Å². The monoisotopic (exact) mass is 225 g/mol. The van der Waals surface area contributed by atoms with E-state index in [0.717, 1.165) is 23.7 Å². The molecule has 1 aliphatic carbocycles. The Balaban J connectivity index is 2.10. The molecule has 82 valence electrons. The number of halogens is 1. The van der Waals surface area contributed by atoms with Gasteiger partial charge >= 0.3 is 0 Å². The second-order valence-corrected chi connectivity index (χ2v) is 4.62. The second-order valence-electron chi connectivity index (χ2n) is 4.26. The summed E-state index contributed by atoms with van der Waals surface area (Å²) in [7, 11) is 0. The Labute approximate surface area is 95.3 Å². The number of nitrogens with zero attached hydrogens (tertiary/aromatic N) is 2. The van der Waals surface area contributed by atoms with E-state index in [1.165, 1.54) is 19.2 Å². The van der Waals surface area contributed by atoms with E-state index in [-0.39, 0.29) is 0 Å². The molecule has 0 amide bonds. The molecule has 0 bridgehead atoms. The highest BCUT2D eigenvalue weighted by molar-refractivity contribution is 6.30. The SMILES string of the molecule is CCc1c(Cl)ncnc1NC1CC(C)C1. The molecule has 1 aromatic rings. The molecular formula is C11H16ClN3. The number of hydrogen-bond donors (Lipinski definition) is 1. The van der Waals surface area contributed by atoms with Gasteiger partial charge in [0.05, 0.1) is 0 Å². The van der Waals surface area contributed by atoms with Gasteiger partial charge in [0.1, 0.15) is 17.3 Å². The van der Waals surface area contributed by atoms with Gasteiger partial charge in [-0.15, -0.1) is 0 Å². The molecule has 4 heteroatoms. The summed E-state index contributed by atoms with van der Waals surface area (Å²) in [5, 5.41) is 4.01. The highest BCUT2D eigenvalue weighted by atomic mass is 35.5. The van der Waals surface area contributed by atoms with Crippen molar-refractivity contribution >= 4 is 17.4 Å². The van der Waals surface area contributed by atoms with Crippen molar-refractivity contribution in [3.05, 3.63) is 17.0 Å². The fourth-order valence-electron chi connectivity index (χ4n) is 2.04. The molecule has 1 aliphatic rings. The maximum atomic E-state index is 6.01. The Bertz CT molecular complexity index is 348. The van der Waals surface area contributed by atoms with Crippen molar-refractivity contribution in [2.75, 3.05) is 5.32 Å². The number of hydrogen-bond acceptors (Lipinski definition) is 3. The largest absolute Gasteiger partial charge is 0.367 e. The third-order valence-corrected chi connectivity index (χ3v) is 3.29. The smallest absolute Gasteiger partial charge is 0.137 e. The first kappa shape index (κ1) is 10.7. The highest BCUT2D eigenvalue weighted by Crippen LogP contribution is 2.30. The van der Waals surface area contributed by atoms with Crippen molar-refractivity contribution < 1.29 is 0 Å². The van der Waals surface area contributed by atoms with E-state index in [1.54, 1.807) is 0 Å². The van der Waals surface area contributed by atoms with Crippen LogP contribution in [-0.2, 0) is 6.42 Å².